The quantitative estimate of drug-likeness (QED) is 0.479. The Morgan fingerprint density at radius 1 is 0.906 bits per heavy atom. The highest BCUT2D eigenvalue weighted by Crippen LogP contribution is 2.65. The number of aliphatic hydroxyl groups is 1. The maximum atomic E-state index is 10.8. The third-order valence-electron chi connectivity index (χ3n) is 8.52. The normalized spacial score (nSPS) is 25.9. The van der Waals surface area contributed by atoms with Crippen molar-refractivity contribution < 1.29 is 10.2 Å². The fourth-order valence-corrected chi connectivity index (χ4v) is 6.92. The third kappa shape index (κ3) is 2.82. The number of hydrogen-bond donors (Lipinski definition) is 2. The van der Waals surface area contributed by atoms with Crippen molar-refractivity contribution in [2.75, 3.05) is 0 Å². The molecule has 2 aliphatic carbocycles. The van der Waals surface area contributed by atoms with Gasteiger partial charge in [0.25, 0.3) is 0 Å². The molecule has 1 fully saturated rings. The Morgan fingerprint density at radius 3 is 2.12 bits per heavy atom. The number of hydrogen-bond acceptors (Lipinski definition) is 2. The standard InChI is InChI=1S/C30H34O2/c1-4-20-18-22(14-15-27(20)31)30(29(3)17-16-28(32)21(5-2)19-29)25-12-8-6-10-23(25)24-11-7-9-13-26(24)30/h6-15,18,21,28,31-32H,4-5,16-17,19H2,1-3H3. The molecule has 3 aromatic carbocycles. The first-order chi connectivity index (χ1) is 15.5. The minimum Gasteiger partial charge on any atom is -0.508 e. The molecular formula is C30H34O2. The summed E-state index contributed by atoms with van der Waals surface area (Å²) in [7, 11) is 0. The van der Waals surface area contributed by atoms with Crippen LogP contribution in [-0.4, -0.2) is 16.3 Å². The Balaban J connectivity index is 1.87. The molecule has 166 valence electrons. The molecule has 1 saturated carbocycles. The van der Waals surface area contributed by atoms with Crippen LogP contribution in [-0.2, 0) is 11.8 Å². The zero-order valence-corrected chi connectivity index (χ0v) is 19.4. The highest BCUT2D eigenvalue weighted by atomic mass is 16.3. The van der Waals surface area contributed by atoms with Gasteiger partial charge in [-0.05, 0) is 76.5 Å². The van der Waals surface area contributed by atoms with Gasteiger partial charge in [-0.15, -0.1) is 0 Å². The lowest BCUT2D eigenvalue weighted by atomic mass is 9.50. The van der Waals surface area contributed by atoms with Crippen LogP contribution in [0.2, 0.25) is 0 Å². The SMILES string of the molecule is CCc1cc(C2(C3(C)CCC(O)C(CC)C3)c3ccccc3-c3ccccc32)ccc1O. The monoisotopic (exact) mass is 426 g/mol. The molecule has 0 bridgehead atoms. The van der Waals surface area contributed by atoms with E-state index in [-0.39, 0.29) is 16.9 Å². The molecule has 3 atom stereocenters. The van der Waals surface area contributed by atoms with Crippen LogP contribution in [0.5, 0.6) is 5.75 Å². The van der Waals surface area contributed by atoms with Crippen LogP contribution in [0, 0.1) is 11.3 Å². The van der Waals surface area contributed by atoms with Crippen molar-refractivity contribution in [2.45, 2.75) is 64.4 Å². The van der Waals surface area contributed by atoms with E-state index >= 15 is 0 Å². The topological polar surface area (TPSA) is 40.5 Å². The molecule has 0 amide bonds. The van der Waals surface area contributed by atoms with Crippen molar-refractivity contribution in [1.82, 2.24) is 0 Å². The van der Waals surface area contributed by atoms with Crippen LogP contribution in [0.3, 0.4) is 0 Å². The molecule has 2 nitrogen and oxygen atoms in total. The van der Waals surface area contributed by atoms with Crippen molar-refractivity contribution in [3.8, 4) is 16.9 Å². The van der Waals surface area contributed by atoms with E-state index in [0.29, 0.717) is 11.7 Å². The van der Waals surface area contributed by atoms with Gasteiger partial charge in [-0.25, -0.2) is 0 Å². The van der Waals surface area contributed by atoms with Gasteiger partial charge >= 0.3 is 0 Å². The zero-order chi connectivity index (χ0) is 22.5. The van der Waals surface area contributed by atoms with Crippen molar-refractivity contribution in [2.24, 2.45) is 11.3 Å². The number of aromatic hydroxyl groups is 1. The molecule has 3 unspecified atom stereocenters. The first kappa shape index (κ1) is 21.3. The first-order valence-corrected chi connectivity index (χ1v) is 12.2. The molecule has 0 aromatic heterocycles. The Hall–Kier alpha value is -2.58. The van der Waals surface area contributed by atoms with Gasteiger partial charge in [0.15, 0.2) is 0 Å². The predicted octanol–water partition coefficient (Wildman–Crippen LogP) is 6.85. The maximum Gasteiger partial charge on any atom is 0.118 e. The second-order valence-corrected chi connectivity index (χ2v) is 10.1. The number of phenolic OH excluding ortho intramolecular Hbond substituents is 1. The molecule has 5 rings (SSSR count). The molecule has 0 heterocycles. The van der Waals surface area contributed by atoms with Crippen molar-refractivity contribution in [3.63, 3.8) is 0 Å². The molecule has 0 radical (unpaired) electrons. The summed E-state index contributed by atoms with van der Waals surface area (Å²) >= 11 is 0. The number of aryl methyl sites for hydroxylation is 1. The number of phenols is 1. The molecule has 2 aliphatic rings. The van der Waals surface area contributed by atoms with Gasteiger partial charge in [0, 0.05) is 0 Å². The van der Waals surface area contributed by atoms with E-state index in [4.69, 9.17) is 0 Å². The first-order valence-electron chi connectivity index (χ1n) is 12.2. The van der Waals surface area contributed by atoms with Crippen LogP contribution in [0.4, 0.5) is 0 Å². The van der Waals surface area contributed by atoms with Gasteiger partial charge in [0.2, 0.25) is 0 Å². The molecule has 0 spiro atoms. The lowest BCUT2D eigenvalue weighted by Gasteiger charge is -2.53. The number of rotatable bonds is 4. The summed E-state index contributed by atoms with van der Waals surface area (Å²) in [6, 6.07) is 24.0. The van der Waals surface area contributed by atoms with Gasteiger partial charge in [0.1, 0.15) is 5.75 Å². The molecular weight excluding hydrogens is 392 g/mol. The van der Waals surface area contributed by atoms with E-state index in [1.165, 1.54) is 27.8 Å². The van der Waals surface area contributed by atoms with Crippen LogP contribution in [0.25, 0.3) is 11.1 Å². The van der Waals surface area contributed by atoms with E-state index < -0.39 is 0 Å². The highest BCUT2D eigenvalue weighted by Gasteiger charge is 2.58. The van der Waals surface area contributed by atoms with Gasteiger partial charge in [-0.1, -0.05) is 87.9 Å². The number of benzene rings is 3. The number of fused-ring (bicyclic) bond motifs is 3. The lowest BCUT2D eigenvalue weighted by Crippen LogP contribution is -2.49. The summed E-state index contributed by atoms with van der Waals surface area (Å²) in [5, 5.41) is 21.3. The Morgan fingerprint density at radius 2 is 1.53 bits per heavy atom. The van der Waals surface area contributed by atoms with E-state index in [1.807, 2.05) is 6.07 Å². The van der Waals surface area contributed by atoms with Crippen LogP contribution in [0.15, 0.2) is 66.7 Å². The van der Waals surface area contributed by atoms with Crippen LogP contribution >= 0.6 is 0 Å². The average molecular weight is 427 g/mol. The summed E-state index contributed by atoms with van der Waals surface area (Å²) in [6.45, 7) is 6.76. The van der Waals surface area contributed by atoms with Crippen LogP contribution < -0.4 is 0 Å². The summed E-state index contributed by atoms with van der Waals surface area (Å²) in [4.78, 5) is 0. The third-order valence-corrected chi connectivity index (χ3v) is 8.52. The Bertz CT molecular complexity index is 1100. The lowest BCUT2D eigenvalue weighted by molar-refractivity contribution is -0.00724. The Labute approximate surface area is 192 Å². The van der Waals surface area contributed by atoms with Crippen molar-refractivity contribution >= 4 is 0 Å². The number of aliphatic hydroxyl groups excluding tert-OH is 1. The summed E-state index contributed by atoms with van der Waals surface area (Å²) in [5.74, 6) is 0.676. The van der Waals surface area contributed by atoms with E-state index in [1.54, 1.807) is 0 Å². The molecule has 0 aliphatic heterocycles. The smallest absolute Gasteiger partial charge is 0.118 e. The van der Waals surface area contributed by atoms with Crippen molar-refractivity contribution in [1.29, 1.82) is 0 Å². The summed E-state index contributed by atoms with van der Waals surface area (Å²) < 4.78 is 0. The fraction of sp³-hybridized carbons (Fsp3) is 0.400. The molecule has 32 heavy (non-hydrogen) atoms. The van der Waals surface area contributed by atoms with E-state index in [2.05, 4.69) is 81.4 Å². The minimum absolute atomic E-state index is 0.0579. The van der Waals surface area contributed by atoms with Gasteiger partial charge in [-0.3, -0.25) is 0 Å². The zero-order valence-electron chi connectivity index (χ0n) is 19.4. The second kappa shape index (κ2) is 7.78. The van der Waals surface area contributed by atoms with Gasteiger partial charge < -0.3 is 10.2 Å². The highest BCUT2D eigenvalue weighted by molar-refractivity contribution is 5.84. The van der Waals surface area contributed by atoms with Crippen molar-refractivity contribution in [3.05, 3.63) is 89.0 Å². The fourth-order valence-electron chi connectivity index (χ4n) is 6.92. The van der Waals surface area contributed by atoms with Gasteiger partial charge in [-0.2, -0.15) is 0 Å². The molecule has 0 saturated heterocycles. The largest absolute Gasteiger partial charge is 0.508 e. The molecule has 2 N–H and O–H groups in total. The maximum absolute atomic E-state index is 10.8. The van der Waals surface area contributed by atoms with Crippen LogP contribution in [0.1, 0.15) is 68.7 Å². The summed E-state index contributed by atoms with van der Waals surface area (Å²) in [6.07, 6.45) is 4.35. The predicted molar refractivity (Wildman–Crippen MR) is 131 cm³/mol. The molecule has 3 aromatic rings. The van der Waals surface area contributed by atoms with E-state index in [0.717, 1.165) is 37.7 Å². The second-order valence-electron chi connectivity index (χ2n) is 10.1. The summed E-state index contributed by atoms with van der Waals surface area (Å²) in [5.41, 5.74) is 7.24. The Kier molecular flexibility index (Phi) is 5.17. The minimum atomic E-state index is -0.314. The van der Waals surface area contributed by atoms with Gasteiger partial charge in [0.05, 0.1) is 11.5 Å². The average Bonchev–Trinajstić information content (AvgIpc) is 3.13. The molecule has 2 heteroatoms. The van der Waals surface area contributed by atoms with E-state index in [9.17, 15) is 10.2 Å².